The summed E-state index contributed by atoms with van der Waals surface area (Å²) in [4.78, 5) is 23.0. The van der Waals surface area contributed by atoms with E-state index in [4.69, 9.17) is 11.6 Å². The summed E-state index contributed by atoms with van der Waals surface area (Å²) >= 11 is 5.77. The maximum Gasteiger partial charge on any atom is 0.329 e. The van der Waals surface area contributed by atoms with Gasteiger partial charge in [0.2, 0.25) is 0 Å². The summed E-state index contributed by atoms with van der Waals surface area (Å²) in [5.41, 5.74) is -0.365. The molecule has 20 heavy (non-hydrogen) atoms. The standard InChI is InChI=1S/C14H19ClN2O3/c1-3-8-14(2,12(18)19)17-13(20)16-9-10-4-6-11(15)7-5-10/h4-7H,3,8-9H2,1-2H3,(H,18,19)(H2,16,17,20). The molecule has 0 spiro atoms. The van der Waals surface area contributed by atoms with Gasteiger partial charge >= 0.3 is 12.0 Å². The van der Waals surface area contributed by atoms with Crippen LogP contribution >= 0.6 is 11.6 Å². The van der Waals surface area contributed by atoms with Gasteiger partial charge in [0.05, 0.1) is 0 Å². The first-order valence-electron chi connectivity index (χ1n) is 6.41. The predicted octanol–water partition coefficient (Wildman–Crippen LogP) is 2.78. The molecule has 1 rings (SSSR count). The average Bonchev–Trinajstić information content (AvgIpc) is 2.38. The third kappa shape index (κ3) is 4.74. The molecule has 0 fully saturated rings. The van der Waals surface area contributed by atoms with Crippen LogP contribution in [0, 0.1) is 0 Å². The molecule has 0 bridgehead atoms. The van der Waals surface area contributed by atoms with Gasteiger partial charge in [-0.25, -0.2) is 9.59 Å². The number of carboxylic acids is 1. The van der Waals surface area contributed by atoms with Crippen molar-refractivity contribution >= 4 is 23.6 Å². The molecule has 6 heteroatoms. The van der Waals surface area contributed by atoms with Gasteiger partial charge in [-0.3, -0.25) is 0 Å². The average molecular weight is 299 g/mol. The van der Waals surface area contributed by atoms with Gasteiger partial charge in [0, 0.05) is 11.6 Å². The molecule has 2 amide bonds. The molecule has 0 aliphatic rings. The highest BCUT2D eigenvalue weighted by Gasteiger charge is 2.33. The number of benzene rings is 1. The third-order valence-corrected chi connectivity index (χ3v) is 3.23. The number of carbonyl (C=O) groups excluding carboxylic acids is 1. The zero-order valence-corrected chi connectivity index (χ0v) is 12.3. The number of rotatable bonds is 6. The third-order valence-electron chi connectivity index (χ3n) is 2.98. The highest BCUT2D eigenvalue weighted by molar-refractivity contribution is 6.30. The monoisotopic (exact) mass is 298 g/mol. The van der Waals surface area contributed by atoms with E-state index in [2.05, 4.69) is 10.6 Å². The van der Waals surface area contributed by atoms with E-state index in [0.717, 1.165) is 5.56 Å². The summed E-state index contributed by atoms with van der Waals surface area (Å²) in [5.74, 6) is -1.04. The Kier molecular flexibility index (Phi) is 5.82. The number of carboxylic acid groups (broad SMARTS) is 1. The van der Waals surface area contributed by atoms with E-state index in [0.29, 0.717) is 24.4 Å². The molecule has 0 aliphatic carbocycles. The Morgan fingerprint density at radius 3 is 2.40 bits per heavy atom. The predicted molar refractivity (Wildman–Crippen MR) is 77.8 cm³/mol. The van der Waals surface area contributed by atoms with Gasteiger partial charge < -0.3 is 15.7 Å². The highest BCUT2D eigenvalue weighted by Crippen LogP contribution is 2.12. The van der Waals surface area contributed by atoms with Gasteiger partial charge in [0.15, 0.2) is 0 Å². The largest absolute Gasteiger partial charge is 0.480 e. The quantitative estimate of drug-likeness (QED) is 0.755. The Balaban J connectivity index is 2.54. The second kappa shape index (κ2) is 7.14. The van der Waals surface area contributed by atoms with Crippen molar-refractivity contribution in [1.29, 1.82) is 0 Å². The smallest absolute Gasteiger partial charge is 0.329 e. The molecule has 0 aliphatic heterocycles. The first-order chi connectivity index (χ1) is 9.37. The fraction of sp³-hybridized carbons (Fsp3) is 0.429. The van der Waals surface area contributed by atoms with Gasteiger partial charge in [-0.2, -0.15) is 0 Å². The second-order valence-corrected chi connectivity index (χ2v) is 5.26. The van der Waals surface area contributed by atoms with Crippen LogP contribution in [0.5, 0.6) is 0 Å². The van der Waals surface area contributed by atoms with E-state index in [1.165, 1.54) is 6.92 Å². The lowest BCUT2D eigenvalue weighted by atomic mass is 9.97. The van der Waals surface area contributed by atoms with Gasteiger partial charge in [0.1, 0.15) is 5.54 Å². The lowest BCUT2D eigenvalue weighted by Gasteiger charge is -2.25. The van der Waals surface area contributed by atoms with Crippen molar-refractivity contribution in [2.24, 2.45) is 0 Å². The van der Waals surface area contributed by atoms with Gasteiger partial charge in [0.25, 0.3) is 0 Å². The SMILES string of the molecule is CCCC(C)(NC(=O)NCc1ccc(Cl)cc1)C(=O)O. The summed E-state index contributed by atoms with van der Waals surface area (Å²) in [7, 11) is 0. The summed E-state index contributed by atoms with van der Waals surface area (Å²) < 4.78 is 0. The molecule has 1 aromatic rings. The minimum absolute atomic E-state index is 0.310. The fourth-order valence-corrected chi connectivity index (χ4v) is 1.93. The zero-order valence-electron chi connectivity index (χ0n) is 11.6. The van der Waals surface area contributed by atoms with Crippen molar-refractivity contribution in [1.82, 2.24) is 10.6 Å². The molecular formula is C14H19ClN2O3. The maximum absolute atomic E-state index is 11.8. The molecule has 0 aromatic heterocycles. The van der Waals surface area contributed by atoms with E-state index in [1.54, 1.807) is 24.3 Å². The molecule has 0 heterocycles. The van der Waals surface area contributed by atoms with Gasteiger partial charge in [-0.1, -0.05) is 37.1 Å². The van der Waals surface area contributed by atoms with E-state index >= 15 is 0 Å². The van der Waals surface area contributed by atoms with E-state index in [9.17, 15) is 14.7 Å². The summed E-state index contributed by atoms with van der Waals surface area (Å²) in [5, 5.41) is 14.9. The van der Waals surface area contributed by atoms with Crippen molar-refractivity contribution in [2.45, 2.75) is 38.8 Å². The molecule has 5 nitrogen and oxygen atoms in total. The van der Waals surface area contributed by atoms with Crippen molar-refractivity contribution in [3.05, 3.63) is 34.9 Å². The van der Waals surface area contributed by atoms with E-state index in [1.807, 2.05) is 6.92 Å². The van der Waals surface area contributed by atoms with Crippen molar-refractivity contribution in [2.75, 3.05) is 0 Å². The summed E-state index contributed by atoms with van der Waals surface area (Å²) in [6, 6.07) is 6.55. The maximum atomic E-state index is 11.8. The molecule has 3 N–H and O–H groups in total. The van der Waals surface area contributed by atoms with E-state index < -0.39 is 17.5 Å². The summed E-state index contributed by atoms with van der Waals surface area (Å²) in [6.45, 7) is 3.68. The van der Waals surface area contributed by atoms with Crippen LogP contribution in [0.3, 0.4) is 0 Å². The number of carbonyl (C=O) groups is 2. The molecular weight excluding hydrogens is 280 g/mol. The summed E-state index contributed by atoms with van der Waals surface area (Å²) in [6.07, 6.45) is 1.04. The van der Waals surface area contributed by atoms with Gasteiger partial charge in [-0.15, -0.1) is 0 Å². The number of hydrogen-bond acceptors (Lipinski definition) is 2. The number of halogens is 1. The van der Waals surface area contributed by atoms with Crippen LogP contribution in [0.4, 0.5) is 4.79 Å². The number of amides is 2. The lowest BCUT2D eigenvalue weighted by molar-refractivity contribution is -0.144. The molecule has 1 atom stereocenters. The Bertz CT molecular complexity index is 476. The highest BCUT2D eigenvalue weighted by atomic mass is 35.5. The number of urea groups is 1. The van der Waals surface area contributed by atoms with Crippen LogP contribution in [-0.4, -0.2) is 22.6 Å². The number of hydrogen-bond donors (Lipinski definition) is 3. The van der Waals surface area contributed by atoms with Crippen LogP contribution in [0.15, 0.2) is 24.3 Å². The topological polar surface area (TPSA) is 78.4 Å². The molecule has 110 valence electrons. The Morgan fingerprint density at radius 2 is 1.90 bits per heavy atom. The van der Waals surface area contributed by atoms with Crippen LogP contribution in [0.25, 0.3) is 0 Å². The minimum Gasteiger partial charge on any atom is -0.480 e. The first-order valence-corrected chi connectivity index (χ1v) is 6.79. The van der Waals surface area contributed by atoms with Crippen LogP contribution in [0.1, 0.15) is 32.3 Å². The lowest BCUT2D eigenvalue weighted by Crippen LogP contribution is -2.55. The molecule has 1 aromatic carbocycles. The van der Waals surface area contributed by atoms with Crippen LogP contribution in [-0.2, 0) is 11.3 Å². The molecule has 0 saturated heterocycles. The fourth-order valence-electron chi connectivity index (χ4n) is 1.80. The number of aliphatic carboxylic acids is 1. The van der Waals surface area contributed by atoms with Crippen LogP contribution in [0.2, 0.25) is 5.02 Å². The van der Waals surface area contributed by atoms with Crippen molar-refractivity contribution in [3.8, 4) is 0 Å². The van der Waals surface area contributed by atoms with E-state index in [-0.39, 0.29) is 0 Å². The zero-order chi connectivity index (χ0) is 15.2. The van der Waals surface area contributed by atoms with Crippen LogP contribution < -0.4 is 10.6 Å². The van der Waals surface area contributed by atoms with Crippen molar-refractivity contribution < 1.29 is 14.7 Å². The van der Waals surface area contributed by atoms with Gasteiger partial charge in [-0.05, 0) is 31.0 Å². The minimum atomic E-state index is -1.25. The second-order valence-electron chi connectivity index (χ2n) is 4.82. The molecule has 0 radical (unpaired) electrons. The normalized spacial score (nSPS) is 13.3. The Hall–Kier alpha value is -1.75. The molecule has 1 unspecified atom stereocenters. The first kappa shape index (κ1) is 16.3. The number of nitrogens with one attached hydrogen (secondary N) is 2. The molecule has 0 saturated carbocycles. The van der Waals surface area contributed by atoms with Crippen molar-refractivity contribution in [3.63, 3.8) is 0 Å². The Labute approximate surface area is 123 Å². The Morgan fingerprint density at radius 1 is 1.30 bits per heavy atom.